The lowest BCUT2D eigenvalue weighted by molar-refractivity contribution is -0.132. The van der Waals surface area contributed by atoms with Crippen molar-refractivity contribution < 1.29 is 14.7 Å². The molecule has 0 unspecified atom stereocenters. The summed E-state index contributed by atoms with van der Waals surface area (Å²) in [5, 5.41) is 9.22. The highest BCUT2D eigenvalue weighted by molar-refractivity contribution is 7.97. The van der Waals surface area contributed by atoms with Gasteiger partial charge in [0.1, 0.15) is 12.4 Å². The molecule has 1 N–H and O–H groups in total. The van der Waals surface area contributed by atoms with Crippen LogP contribution in [0.5, 0.6) is 0 Å². The third-order valence-corrected chi connectivity index (χ3v) is 5.67. The van der Waals surface area contributed by atoms with Crippen LogP contribution in [0.25, 0.3) is 11.0 Å². The Morgan fingerprint density at radius 2 is 2.00 bits per heavy atom. The highest BCUT2D eigenvalue weighted by Gasteiger charge is 2.23. The van der Waals surface area contributed by atoms with E-state index in [1.807, 2.05) is 46.1 Å². The van der Waals surface area contributed by atoms with Gasteiger partial charge in [-0.15, -0.1) is 0 Å². The van der Waals surface area contributed by atoms with E-state index in [4.69, 9.17) is 0 Å². The summed E-state index contributed by atoms with van der Waals surface area (Å²) in [6, 6.07) is 13.0. The van der Waals surface area contributed by atoms with Crippen LogP contribution < -0.4 is 0 Å². The number of aromatic nitrogens is 2. The molecule has 1 aliphatic heterocycles. The molecule has 2 aromatic carbocycles. The minimum Gasteiger partial charge on any atom is -0.478 e. The smallest absolute Gasteiger partial charge is 0.335 e. The first-order valence-corrected chi connectivity index (χ1v) is 10.5. The minimum atomic E-state index is -0.946. The maximum Gasteiger partial charge on any atom is 0.335 e. The van der Waals surface area contributed by atoms with E-state index < -0.39 is 5.97 Å². The molecule has 1 amide bonds. The predicted octanol–water partition coefficient (Wildman–Crippen LogP) is 3.18. The van der Waals surface area contributed by atoms with E-state index in [1.165, 1.54) is 0 Å². The molecule has 2 heterocycles. The molecule has 1 aliphatic rings. The van der Waals surface area contributed by atoms with Crippen LogP contribution in [-0.2, 0) is 30.1 Å². The molecule has 0 bridgehead atoms. The van der Waals surface area contributed by atoms with Crippen LogP contribution in [0.3, 0.4) is 0 Å². The summed E-state index contributed by atoms with van der Waals surface area (Å²) in [5.74, 6) is 0.717. The van der Waals surface area contributed by atoms with Crippen molar-refractivity contribution in [2.75, 3.05) is 12.8 Å². The third-order valence-electron chi connectivity index (χ3n) is 5.12. The van der Waals surface area contributed by atoms with Gasteiger partial charge in [0, 0.05) is 13.1 Å². The van der Waals surface area contributed by atoms with Crippen LogP contribution in [0.1, 0.15) is 27.3 Å². The lowest BCUT2D eigenvalue weighted by atomic mass is 9.97. The largest absolute Gasteiger partial charge is 0.478 e. The first-order chi connectivity index (χ1) is 13.6. The van der Waals surface area contributed by atoms with Gasteiger partial charge in [-0.3, -0.25) is 4.79 Å². The van der Waals surface area contributed by atoms with Gasteiger partial charge in [-0.2, -0.15) is 11.8 Å². The summed E-state index contributed by atoms with van der Waals surface area (Å²) in [4.78, 5) is 30.8. The number of carboxylic acid groups (broad SMARTS) is 1. The second-order valence-corrected chi connectivity index (χ2v) is 7.76. The zero-order valence-electron chi connectivity index (χ0n) is 15.6. The topological polar surface area (TPSA) is 75.4 Å². The predicted molar refractivity (Wildman–Crippen MR) is 109 cm³/mol. The summed E-state index contributed by atoms with van der Waals surface area (Å²) in [6.45, 7) is 1.33. The van der Waals surface area contributed by atoms with Crippen molar-refractivity contribution >= 4 is 34.7 Å². The summed E-state index contributed by atoms with van der Waals surface area (Å²) < 4.78 is 2.00. The SMILES string of the molecule is CSCc1nc2ccccc2n1CC(=O)N1CCc2ccc(C(=O)O)cc2C1. The summed E-state index contributed by atoms with van der Waals surface area (Å²) in [5.41, 5.74) is 4.15. The fourth-order valence-corrected chi connectivity index (χ4v) is 4.16. The number of imidazole rings is 1. The van der Waals surface area contributed by atoms with Crippen molar-refractivity contribution in [3.8, 4) is 0 Å². The van der Waals surface area contributed by atoms with Crippen LogP contribution >= 0.6 is 11.8 Å². The van der Waals surface area contributed by atoms with Crippen LogP contribution in [-0.4, -0.2) is 44.2 Å². The Morgan fingerprint density at radius 1 is 1.18 bits per heavy atom. The number of rotatable bonds is 5. The molecule has 0 spiro atoms. The first-order valence-electron chi connectivity index (χ1n) is 9.13. The normalized spacial score (nSPS) is 13.5. The number of carbonyl (C=O) groups is 2. The molecular formula is C21H21N3O3S. The second-order valence-electron chi connectivity index (χ2n) is 6.89. The maximum absolute atomic E-state index is 13.0. The number of fused-ring (bicyclic) bond motifs is 2. The number of hydrogen-bond acceptors (Lipinski definition) is 4. The Bertz CT molecular complexity index is 1060. The average Bonchev–Trinajstić information content (AvgIpc) is 3.04. The Balaban J connectivity index is 1.58. The summed E-state index contributed by atoms with van der Waals surface area (Å²) in [7, 11) is 0. The van der Waals surface area contributed by atoms with Gasteiger partial charge in [0.25, 0.3) is 0 Å². The molecule has 4 rings (SSSR count). The molecule has 1 aromatic heterocycles. The average molecular weight is 395 g/mol. The molecule has 6 nitrogen and oxygen atoms in total. The number of carbonyl (C=O) groups excluding carboxylic acids is 1. The van der Waals surface area contributed by atoms with Crippen LogP contribution in [0.4, 0.5) is 0 Å². The van der Waals surface area contributed by atoms with Gasteiger partial charge in [-0.25, -0.2) is 9.78 Å². The number of carboxylic acids is 1. The third kappa shape index (κ3) is 3.49. The zero-order valence-corrected chi connectivity index (χ0v) is 16.4. The van der Waals surface area contributed by atoms with Crippen molar-refractivity contribution in [1.82, 2.24) is 14.5 Å². The summed E-state index contributed by atoms with van der Waals surface area (Å²) >= 11 is 1.68. The van der Waals surface area contributed by atoms with Crippen molar-refractivity contribution in [3.05, 3.63) is 65.0 Å². The summed E-state index contributed by atoms with van der Waals surface area (Å²) in [6.07, 6.45) is 2.76. The van der Waals surface area contributed by atoms with Gasteiger partial charge in [0.15, 0.2) is 0 Å². The molecule has 0 saturated carbocycles. The van der Waals surface area contributed by atoms with Crippen molar-refractivity contribution in [2.24, 2.45) is 0 Å². The molecule has 28 heavy (non-hydrogen) atoms. The minimum absolute atomic E-state index is 0.0249. The van der Waals surface area contributed by atoms with E-state index in [1.54, 1.807) is 23.9 Å². The lowest BCUT2D eigenvalue weighted by Crippen LogP contribution is -2.38. The lowest BCUT2D eigenvalue weighted by Gasteiger charge is -2.29. The van der Waals surface area contributed by atoms with Crippen LogP contribution in [0, 0.1) is 0 Å². The molecule has 0 fully saturated rings. The molecule has 0 radical (unpaired) electrons. The number of hydrogen-bond donors (Lipinski definition) is 1. The fraction of sp³-hybridized carbons (Fsp3) is 0.286. The van der Waals surface area contributed by atoms with E-state index in [2.05, 4.69) is 4.98 Å². The van der Waals surface area contributed by atoms with Gasteiger partial charge in [-0.05, 0) is 48.1 Å². The van der Waals surface area contributed by atoms with E-state index in [0.29, 0.717) is 13.1 Å². The van der Waals surface area contributed by atoms with Gasteiger partial charge < -0.3 is 14.6 Å². The highest BCUT2D eigenvalue weighted by Crippen LogP contribution is 2.23. The second kappa shape index (κ2) is 7.67. The Hall–Kier alpha value is -2.80. The standard InChI is InChI=1S/C21H21N3O3S/c1-28-13-19-22-17-4-2-3-5-18(17)24(19)12-20(25)23-9-8-14-6-7-15(21(26)27)10-16(14)11-23/h2-7,10H,8-9,11-13H2,1H3,(H,26,27). The van der Waals surface area contributed by atoms with Crippen LogP contribution in [0.15, 0.2) is 42.5 Å². The van der Waals surface area contributed by atoms with E-state index in [-0.39, 0.29) is 18.0 Å². The molecule has 144 valence electrons. The van der Waals surface area contributed by atoms with Crippen molar-refractivity contribution in [1.29, 1.82) is 0 Å². The Labute approximate surface area is 167 Å². The molecule has 0 aliphatic carbocycles. The molecule has 3 aromatic rings. The number of benzene rings is 2. The number of nitrogens with zero attached hydrogens (tertiary/aromatic N) is 3. The van der Waals surface area contributed by atoms with Gasteiger partial charge >= 0.3 is 5.97 Å². The van der Waals surface area contributed by atoms with E-state index in [9.17, 15) is 14.7 Å². The van der Waals surface area contributed by atoms with E-state index in [0.717, 1.165) is 40.2 Å². The quantitative estimate of drug-likeness (QED) is 0.718. The van der Waals surface area contributed by atoms with Gasteiger partial charge in [-0.1, -0.05) is 18.2 Å². The number of thioether (sulfide) groups is 1. The van der Waals surface area contributed by atoms with Gasteiger partial charge in [0.05, 0.1) is 22.3 Å². The van der Waals surface area contributed by atoms with E-state index >= 15 is 0 Å². The Kier molecular flexibility index (Phi) is 5.09. The first kappa shape index (κ1) is 18.6. The van der Waals surface area contributed by atoms with Crippen LogP contribution in [0.2, 0.25) is 0 Å². The van der Waals surface area contributed by atoms with Crippen molar-refractivity contribution in [3.63, 3.8) is 0 Å². The van der Waals surface area contributed by atoms with Gasteiger partial charge in [0.2, 0.25) is 5.91 Å². The molecule has 0 atom stereocenters. The molecule has 7 heteroatoms. The maximum atomic E-state index is 13.0. The molecule has 0 saturated heterocycles. The van der Waals surface area contributed by atoms with Crippen molar-refractivity contribution in [2.45, 2.75) is 25.3 Å². The number of amides is 1. The Morgan fingerprint density at radius 3 is 2.79 bits per heavy atom. The monoisotopic (exact) mass is 395 g/mol. The fourth-order valence-electron chi connectivity index (χ4n) is 3.68. The highest BCUT2D eigenvalue weighted by atomic mass is 32.2. The number of para-hydroxylation sites is 2. The number of aromatic carboxylic acids is 1. The molecular weight excluding hydrogens is 374 g/mol. The zero-order chi connectivity index (χ0) is 19.7.